The van der Waals surface area contributed by atoms with E-state index in [4.69, 9.17) is 0 Å². The first kappa shape index (κ1) is 40.2. The molecule has 4 N–H and O–H groups in total. The fourth-order valence-electron chi connectivity index (χ4n) is 8.35. The van der Waals surface area contributed by atoms with Crippen LogP contribution in [-0.2, 0) is 36.8 Å². The number of carbonyl (C=O) groups excluding carboxylic acids is 6. The molecule has 2 aliphatic carbocycles. The Balaban J connectivity index is 1.34. The third-order valence-electron chi connectivity index (χ3n) is 12.0. The fourth-order valence-corrected chi connectivity index (χ4v) is 8.35. The van der Waals surface area contributed by atoms with Crippen LogP contribution in [0, 0.1) is 17.3 Å². The highest BCUT2D eigenvalue weighted by atomic mass is 16.2. The second-order valence-electron chi connectivity index (χ2n) is 16.8. The summed E-state index contributed by atoms with van der Waals surface area (Å²) in [6.45, 7) is 9.53. The van der Waals surface area contributed by atoms with Crippen molar-refractivity contribution in [3.05, 3.63) is 35.4 Å². The van der Waals surface area contributed by atoms with Crippen LogP contribution in [0.15, 0.2) is 24.3 Å². The maximum absolute atomic E-state index is 14.7. The van der Waals surface area contributed by atoms with Crippen molar-refractivity contribution in [3.8, 4) is 0 Å². The Hall–Kier alpha value is -3.96. The minimum Gasteiger partial charge on any atom is -0.350 e. The normalized spacial score (nSPS) is 21.4. The molecule has 0 radical (unpaired) electrons. The highest BCUT2D eigenvalue weighted by Gasteiger charge is 2.42. The van der Waals surface area contributed by atoms with Crippen molar-refractivity contribution < 1.29 is 28.8 Å². The van der Waals surface area contributed by atoms with Crippen LogP contribution in [0.4, 0.5) is 4.79 Å². The molecule has 12 nitrogen and oxygen atoms in total. The average Bonchev–Trinajstić information content (AvgIpc) is 3.50. The quantitative estimate of drug-likeness (QED) is 0.167. The van der Waals surface area contributed by atoms with Crippen LogP contribution in [0.2, 0.25) is 0 Å². The Morgan fingerprint density at radius 1 is 0.830 bits per heavy atom. The van der Waals surface area contributed by atoms with E-state index < -0.39 is 41.8 Å². The summed E-state index contributed by atoms with van der Waals surface area (Å²) in [5.74, 6) is -1.73. The van der Waals surface area contributed by atoms with Crippen LogP contribution in [0.5, 0.6) is 0 Å². The van der Waals surface area contributed by atoms with Crippen LogP contribution in [-0.4, -0.2) is 95.6 Å². The Morgan fingerprint density at radius 3 is 2.13 bits per heavy atom. The standard InChI is InChI=1S/C41H62N6O6/c1-5-42-38(51)36(49)31(23-18-27-12-10-13-27)43-37(50)32-16-11-25-47(32)39(52)35(30-21-19-28-14-6-7-15-29(28)20-22-30)45-40(53)44-33(41(2,3)4)26-46-24-9-8-17-34(46)48/h6-7,14-15,27,30-33,35H,5,8-13,16-26H2,1-4H3,(H,42,51)(H,43,50)(H2,44,45,53)/t31?,32-,33+,35-/m0/s1. The topological polar surface area (TPSA) is 157 Å². The molecule has 2 aliphatic heterocycles. The molecule has 6 amide bonds. The number of ketones is 1. The summed E-state index contributed by atoms with van der Waals surface area (Å²) in [7, 11) is 0. The average molecular weight is 735 g/mol. The second-order valence-corrected chi connectivity index (χ2v) is 16.8. The zero-order valence-corrected chi connectivity index (χ0v) is 32.3. The molecule has 4 atom stereocenters. The van der Waals surface area contributed by atoms with Gasteiger partial charge in [-0.3, -0.25) is 24.0 Å². The lowest BCUT2D eigenvalue weighted by molar-refractivity contribution is -0.143. The predicted octanol–water partition coefficient (Wildman–Crippen LogP) is 4.04. The van der Waals surface area contributed by atoms with Crippen molar-refractivity contribution in [2.24, 2.45) is 17.3 Å². The van der Waals surface area contributed by atoms with E-state index in [1.165, 1.54) is 11.1 Å². The number of nitrogens with one attached hydrogen (secondary N) is 4. The molecule has 0 spiro atoms. The van der Waals surface area contributed by atoms with Gasteiger partial charge in [0.1, 0.15) is 12.1 Å². The molecule has 1 aromatic carbocycles. The molecule has 0 aromatic heterocycles. The first-order valence-electron chi connectivity index (χ1n) is 20.2. The summed E-state index contributed by atoms with van der Waals surface area (Å²) in [4.78, 5) is 84.5. The number of benzene rings is 1. The Labute approximate surface area is 315 Å². The van der Waals surface area contributed by atoms with Gasteiger partial charge in [-0.25, -0.2) is 4.79 Å². The van der Waals surface area contributed by atoms with Gasteiger partial charge >= 0.3 is 6.03 Å². The minimum absolute atomic E-state index is 0.0927. The SMILES string of the molecule is CCNC(=O)C(=O)C(CCC1CCC1)NC(=O)[C@@H]1CCCN1C(=O)[C@@H](NC(=O)N[C@H](CN1CCCCC1=O)C(C)(C)C)C1CCc2ccccc2CC1. The number of rotatable bonds is 14. The maximum atomic E-state index is 14.7. The van der Waals surface area contributed by atoms with E-state index in [0.29, 0.717) is 70.6 Å². The first-order chi connectivity index (χ1) is 25.3. The molecule has 3 fully saturated rings. The molecule has 292 valence electrons. The molecular formula is C41H62N6O6. The molecular weight excluding hydrogens is 672 g/mol. The highest BCUT2D eigenvalue weighted by molar-refractivity contribution is 6.38. The zero-order valence-electron chi connectivity index (χ0n) is 32.3. The Bertz CT molecular complexity index is 1460. The highest BCUT2D eigenvalue weighted by Crippen LogP contribution is 2.32. The summed E-state index contributed by atoms with van der Waals surface area (Å²) < 4.78 is 0. The monoisotopic (exact) mass is 734 g/mol. The first-order valence-corrected chi connectivity index (χ1v) is 20.2. The fraction of sp³-hybridized carbons (Fsp3) is 0.707. The lowest BCUT2D eigenvalue weighted by Gasteiger charge is -2.38. The van der Waals surface area contributed by atoms with Gasteiger partial charge in [0, 0.05) is 32.6 Å². The lowest BCUT2D eigenvalue weighted by atomic mass is 9.81. The molecule has 0 bridgehead atoms. The van der Waals surface area contributed by atoms with Crippen LogP contribution in [0.1, 0.15) is 116 Å². The molecule has 1 aromatic rings. The van der Waals surface area contributed by atoms with Crippen molar-refractivity contribution in [1.29, 1.82) is 0 Å². The minimum atomic E-state index is -0.964. The van der Waals surface area contributed by atoms with Gasteiger partial charge in [0.15, 0.2) is 0 Å². The van der Waals surface area contributed by atoms with Gasteiger partial charge in [0.2, 0.25) is 23.5 Å². The van der Waals surface area contributed by atoms with Crippen molar-refractivity contribution in [1.82, 2.24) is 31.1 Å². The number of Topliss-reactive ketones (excluding diaryl/α,β-unsaturated/α-hetero) is 1. The number of nitrogens with zero attached hydrogens (tertiary/aromatic N) is 2. The summed E-state index contributed by atoms with van der Waals surface area (Å²) in [6, 6.07) is 4.78. The van der Waals surface area contributed by atoms with Gasteiger partial charge < -0.3 is 31.1 Å². The van der Waals surface area contributed by atoms with Crippen molar-refractivity contribution in [3.63, 3.8) is 0 Å². The third kappa shape index (κ3) is 10.6. The number of hydrogen-bond donors (Lipinski definition) is 4. The van der Waals surface area contributed by atoms with E-state index in [2.05, 4.69) is 33.4 Å². The predicted molar refractivity (Wildman–Crippen MR) is 203 cm³/mol. The van der Waals surface area contributed by atoms with Gasteiger partial charge in [0.05, 0.1) is 12.1 Å². The smallest absolute Gasteiger partial charge is 0.315 e. The van der Waals surface area contributed by atoms with Crippen molar-refractivity contribution in [2.75, 3.05) is 26.2 Å². The Kier molecular flexibility index (Phi) is 14.0. The van der Waals surface area contributed by atoms with Gasteiger partial charge in [0.25, 0.3) is 5.91 Å². The van der Waals surface area contributed by atoms with Crippen LogP contribution < -0.4 is 21.3 Å². The molecule has 12 heteroatoms. The lowest BCUT2D eigenvalue weighted by Crippen LogP contribution is -2.61. The summed E-state index contributed by atoms with van der Waals surface area (Å²) >= 11 is 0. The van der Waals surface area contributed by atoms with E-state index in [-0.39, 0.29) is 29.2 Å². The molecule has 5 rings (SSSR count). The second kappa shape index (κ2) is 18.4. The zero-order chi connectivity index (χ0) is 38.1. The number of fused-ring (bicyclic) bond motifs is 1. The van der Waals surface area contributed by atoms with E-state index in [1.807, 2.05) is 37.8 Å². The number of piperidine rings is 1. The largest absolute Gasteiger partial charge is 0.350 e. The summed E-state index contributed by atoms with van der Waals surface area (Å²) in [5.41, 5.74) is 2.12. The molecule has 2 saturated heterocycles. The van der Waals surface area contributed by atoms with E-state index in [0.717, 1.165) is 51.4 Å². The molecule has 4 aliphatic rings. The van der Waals surface area contributed by atoms with Gasteiger partial charge in [-0.05, 0) is 99.5 Å². The number of likely N-dealkylation sites (tertiary alicyclic amines) is 2. The van der Waals surface area contributed by atoms with Crippen LogP contribution in [0.25, 0.3) is 0 Å². The summed E-state index contributed by atoms with van der Waals surface area (Å²) in [6.07, 6.45) is 10.7. The van der Waals surface area contributed by atoms with E-state index in [9.17, 15) is 28.8 Å². The number of likely N-dealkylation sites (N-methyl/N-ethyl adjacent to an activating group) is 1. The number of aryl methyl sites for hydroxylation is 2. The van der Waals surface area contributed by atoms with Gasteiger partial charge in [-0.2, -0.15) is 0 Å². The molecule has 2 heterocycles. The van der Waals surface area contributed by atoms with Gasteiger partial charge in [-0.15, -0.1) is 0 Å². The van der Waals surface area contributed by atoms with E-state index >= 15 is 0 Å². The number of amides is 6. The van der Waals surface area contributed by atoms with E-state index in [1.54, 1.807) is 11.8 Å². The Morgan fingerprint density at radius 2 is 1.53 bits per heavy atom. The number of carbonyl (C=O) groups is 6. The maximum Gasteiger partial charge on any atom is 0.315 e. The molecule has 53 heavy (non-hydrogen) atoms. The third-order valence-corrected chi connectivity index (χ3v) is 12.0. The van der Waals surface area contributed by atoms with Crippen molar-refractivity contribution >= 4 is 35.4 Å². The summed E-state index contributed by atoms with van der Waals surface area (Å²) in [5, 5.41) is 11.7. The van der Waals surface area contributed by atoms with Crippen molar-refractivity contribution in [2.45, 2.75) is 142 Å². The molecule has 1 unspecified atom stereocenters. The number of hydrogen-bond acceptors (Lipinski definition) is 6. The van der Waals surface area contributed by atoms with Gasteiger partial charge in [-0.1, -0.05) is 64.3 Å². The van der Waals surface area contributed by atoms with Crippen LogP contribution in [0.3, 0.4) is 0 Å². The molecule has 1 saturated carbocycles. The van der Waals surface area contributed by atoms with Crippen LogP contribution >= 0.6 is 0 Å². The number of urea groups is 1.